The summed E-state index contributed by atoms with van der Waals surface area (Å²) in [4.78, 5) is 18.7. The SMILES string of the molecule is CC(Cl)c1nc(C(C)(C)C)c(I)c(=O)[nH]1. The summed E-state index contributed by atoms with van der Waals surface area (Å²) >= 11 is 7.94. The van der Waals surface area contributed by atoms with Crippen molar-refractivity contribution >= 4 is 34.2 Å². The molecule has 1 N–H and O–H groups in total. The van der Waals surface area contributed by atoms with Gasteiger partial charge in [-0.3, -0.25) is 4.79 Å². The highest BCUT2D eigenvalue weighted by molar-refractivity contribution is 14.1. The van der Waals surface area contributed by atoms with Gasteiger partial charge < -0.3 is 4.98 Å². The normalized spacial score (nSPS) is 14.0. The molecule has 0 aliphatic heterocycles. The Labute approximate surface area is 108 Å². The minimum absolute atomic E-state index is 0.113. The number of nitrogens with one attached hydrogen (secondary N) is 1. The number of aromatic nitrogens is 2. The van der Waals surface area contributed by atoms with Crippen molar-refractivity contribution in [2.24, 2.45) is 0 Å². The van der Waals surface area contributed by atoms with Crippen LogP contribution in [0.1, 0.15) is 44.6 Å². The first-order valence-electron chi connectivity index (χ1n) is 4.67. The number of rotatable bonds is 1. The molecule has 1 rings (SSSR count). The monoisotopic (exact) mass is 340 g/mol. The van der Waals surface area contributed by atoms with E-state index in [1.807, 2.05) is 43.4 Å². The molecule has 1 heterocycles. The van der Waals surface area contributed by atoms with Gasteiger partial charge >= 0.3 is 0 Å². The molecule has 0 saturated heterocycles. The third kappa shape index (κ3) is 2.93. The van der Waals surface area contributed by atoms with Crippen molar-refractivity contribution in [1.82, 2.24) is 9.97 Å². The number of nitrogens with zero attached hydrogens (tertiary/aromatic N) is 1. The van der Waals surface area contributed by atoms with Crippen molar-refractivity contribution in [3.8, 4) is 0 Å². The Kier molecular flexibility index (Phi) is 3.81. The van der Waals surface area contributed by atoms with E-state index in [1.54, 1.807) is 6.92 Å². The Hall–Kier alpha value is -0.100. The number of hydrogen-bond donors (Lipinski definition) is 1. The van der Waals surface area contributed by atoms with Crippen LogP contribution in [0.2, 0.25) is 0 Å². The second-order valence-electron chi connectivity index (χ2n) is 4.48. The van der Waals surface area contributed by atoms with E-state index in [0.717, 1.165) is 5.69 Å². The fourth-order valence-corrected chi connectivity index (χ4v) is 2.33. The van der Waals surface area contributed by atoms with Gasteiger partial charge in [-0.05, 0) is 29.5 Å². The second-order valence-corrected chi connectivity index (χ2v) is 6.21. The molecule has 0 fully saturated rings. The molecule has 0 saturated carbocycles. The lowest BCUT2D eigenvalue weighted by molar-refractivity contribution is 0.555. The molecule has 0 bridgehead atoms. The van der Waals surface area contributed by atoms with Crippen LogP contribution in [0.15, 0.2) is 4.79 Å². The summed E-state index contributed by atoms with van der Waals surface area (Å²) in [6, 6.07) is 0. The molecule has 1 atom stereocenters. The van der Waals surface area contributed by atoms with E-state index >= 15 is 0 Å². The van der Waals surface area contributed by atoms with Crippen LogP contribution in [0.3, 0.4) is 0 Å². The van der Waals surface area contributed by atoms with E-state index in [-0.39, 0.29) is 16.4 Å². The molecule has 0 aromatic carbocycles. The van der Waals surface area contributed by atoms with E-state index in [2.05, 4.69) is 9.97 Å². The molecule has 0 spiro atoms. The van der Waals surface area contributed by atoms with Crippen molar-refractivity contribution in [3.63, 3.8) is 0 Å². The summed E-state index contributed by atoms with van der Waals surface area (Å²) in [5.74, 6) is 0.534. The van der Waals surface area contributed by atoms with Gasteiger partial charge in [-0.2, -0.15) is 0 Å². The Morgan fingerprint density at radius 3 is 2.40 bits per heavy atom. The predicted molar refractivity (Wildman–Crippen MR) is 70.5 cm³/mol. The van der Waals surface area contributed by atoms with Crippen molar-refractivity contribution in [1.29, 1.82) is 0 Å². The van der Waals surface area contributed by atoms with Gasteiger partial charge in [0.15, 0.2) is 0 Å². The van der Waals surface area contributed by atoms with E-state index in [4.69, 9.17) is 11.6 Å². The van der Waals surface area contributed by atoms with E-state index < -0.39 is 0 Å². The fraction of sp³-hybridized carbons (Fsp3) is 0.600. The molecule has 84 valence electrons. The highest BCUT2D eigenvalue weighted by Gasteiger charge is 2.22. The van der Waals surface area contributed by atoms with E-state index in [1.165, 1.54) is 0 Å². The zero-order valence-corrected chi connectivity index (χ0v) is 12.1. The van der Waals surface area contributed by atoms with Crippen molar-refractivity contribution in [2.45, 2.75) is 38.5 Å². The first kappa shape index (κ1) is 13.0. The molecule has 0 amide bonds. The van der Waals surface area contributed by atoms with Gasteiger partial charge in [-0.25, -0.2) is 4.98 Å². The minimum atomic E-state index is -0.282. The quantitative estimate of drug-likeness (QED) is 0.631. The van der Waals surface area contributed by atoms with E-state index in [9.17, 15) is 4.79 Å². The Balaban J connectivity index is 3.46. The van der Waals surface area contributed by atoms with Crippen LogP contribution in [-0.2, 0) is 5.41 Å². The molecule has 1 unspecified atom stereocenters. The zero-order valence-electron chi connectivity index (χ0n) is 9.19. The third-order valence-corrected chi connectivity index (χ3v) is 3.18. The number of halogens is 2. The molecule has 1 aromatic rings. The lowest BCUT2D eigenvalue weighted by atomic mass is 9.92. The summed E-state index contributed by atoms with van der Waals surface area (Å²) < 4.78 is 0.640. The molecular formula is C10H14ClIN2O. The summed E-state index contributed by atoms with van der Waals surface area (Å²) in [7, 11) is 0. The number of hydrogen-bond acceptors (Lipinski definition) is 2. The smallest absolute Gasteiger partial charge is 0.264 e. The molecule has 0 aliphatic rings. The van der Waals surface area contributed by atoms with Gasteiger partial charge in [-0.15, -0.1) is 11.6 Å². The highest BCUT2D eigenvalue weighted by Crippen LogP contribution is 2.24. The fourth-order valence-electron chi connectivity index (χ4n) is 1.16. The van der Waals surface area contributed by atoms with Gasteiger partial charge in [0.1, 0.15) is 9.39 Å². The first-order valence-corrected chi connectivity index (χ1v) is 6.19. The minimum Gasteiger partial charge on any atom is -0.308 e. The van der Waals surface area contributed by atoms with Crippen LogP contribution in [0.5, 0.6) is 0 Å². The van der Waals surface area contributed by atoms with Crippen LogP contribution >= 0.6 is 34.2 Å². The molecule has 15 heavy (non-hydrogen) atoms. The number of H-pyrrole nitrogens is 1. The number of aromatic amines is 1. The summed E-state index contributed by atoms with van der Waals surface area (Å²) in [6.07, 6.45) is 0. The van der Waals surface area contributed by atoms with Gasteiger partial charge in [0, 0.05) is 5.41 Å². The lowest BCUT2D eigenvalue weighted by Crippen LogP contribution is -2.25. The summed E-state index contributed by atoms with van der Waals surface area (Å²) in [6.45, 7) is 7.87. The average molecular weight is 341 g/mol. The van der Waals surface area contributed by atoms with E-state index in [0.29, 0.717) is 9.39 Å². The van der Waals surface area contributed by atoms with Crippen molar-refractivity contribution in [2.75, 3.05) is 0 Å². The van der Waals surface area contributed by atoms with Crippen LogP contribution < -0.4 is 5.56 Å². The first-order chi connectivity index (χ1) is 6.73. The standard InChI is InChI=1S/C10H14ClIN2O/c1-5(11)8-13-7(10(2,3)4)6(12)9(15)14-8/h5H,1-4H3,(H,13,14,15). The summed E-state index contributed by atoms with van der Waals surface area (Å²) in [5.41, 5.74) is 0.540. The molecule has 1 aromatic heterocycles. The molecule has 5 heteroatoms. The largest absolute Gasteiger partial charge is 0.308 e. The predicted octanol–water partition coefficient (Wildman–Crippen LogP) is 2.97. The van der Waals surface area contributed by atoms with Gasteiger partial charge in [0.05, 0.1) is 11.1 Å². The van der Waals surface area contributed by atoms with Gasteiger partial charge in [0.25, 0.3) is 5.56 Å². The molecule has 3 nitrogen and oxygen atoms in total. The van der Waals surface area contributed by atoms with Gasteiger partial charge in [-0.1, -0.05) is 20.8 Å². The average Bonchev–Trinajstić information content (AvgIpc) is 2.06. The van der Waals surface area contributed by atoms with Crippen LogP contribution in [-0.4, -0.2) is 9.97 Å². The topological polar surface area (TPSA) is 45.8 Å². The number of alkyl halides is 1. The summed E-state index contributed by atoms with van der Waals surface area (Å²) in [5, 5.41) is -0.282. The van der Waals surface area contributed by atoms with Crippen LogP contribution in [0.4, 0.5) is 0 Å². The maximum absolute atomic E-state index is 11.7. The van der Waals surface area contributed by atoms with Gasteiger partial charge in [0.2, 0.25) is 0 Å². The maximum Gasteiger partial charge on any atom is 0.264 e. The maximum atomic E-state index is 11.7. The van der Waals surface area contributed by atoms with Crippen LogP contribution in [0, 0.1) is 3.57 Å². The zero-order chi connectivity index (χ0) is 11.8. The third-order valence-electron chi connectivity index (χ3n) is 1.97. The Morgan fingerprint density at radius 2 is 2.00 bits per heavy atom. The second kappa shape index (κ2) is 4.41. The van der Waals surface area contributed by atoms with Crippen LogP contribution in [0.25, 0.3) is 0 Å². The Bertz CT molecular complexity index is 420. The Morgan fingerprint density at radius 1 is 1.47 bits per heavy atom. The molecule has 0 radical (unpaired) electrons. The van der Waals surface area contributed by atoms with Crippen molar-refractivity contribution in [3.05, 3.63) is 25.4 Å². The molecule has 0 aliphatic carbocycles. The highest BCUT2D eigenvalue weighted by atomic mass is 127. The molecular weight excluding hydrogens is 326 g/mol. The van der Waals surface area contributed by atoms with Crippen molar-refractivity contribution < 1.29 is 0 Å². The lowest BCUT2D eigenvalue weighted by Gasteiger charge is -2.20.